The molecule has 0 aromatic rings. The lowest BCUT2D eigenvalue weighted by atomic mass is 9.92. The lowest BCUT2D eigenvalue weighted by Gasteiger charge is -2.31. The molecule has 54 valence electrons. The van der Waals surface area contributed by atoms with Gasteiger partial charge in [0.2, 0.25) is 0 Å². The molecule has 1 N–H and O–H groups in total. The van der Waals surface area contributed by atoms with Crippen LogP contribution in [0.4, 0.5) is 0 Å². The summed E-state index contributed by atoms with van der Waals surface area (Å²) in [7, 11) is 0. The van der Waals surface area contributed by atoms with Crippen LogP contribution < -0.4 is 0 Å². The minimum Gasteiger partial charge on any atom is -0.390 e. The minimum absolute atomic E-state index is 0.506. The summed E-state index contributed by atoms with van der Waals surface area (Å²) in [5, 5.41) is 9.30. The van der Waals surface area contributed by atoms with Crippen molar-refractivity contribution < 1.29 is 9.84 Å². The Hall–Kier alpha value is -0.0800. The second kappa shape index (κ2) is 2.27. The fourth-order valence-electron chi connectivity index (χ4n) is 1.11. The zero-order valence-corrected chi connectivity index (χ0v) is 6.05. The third-order valence-electron chi connectivity index (χ3n) is 1.50. The summed E-state index contributed by atoms with van der Waals surface area (Å²) < 4.78 is 4.97. The molecule has 0 aromatic carbocycles. The highest BCUT2D eigenvalue weighted by molar-refractivity contribution is 4.75. The van der Waals surface area contributed by atoms with Crippen LogP contribution in [0.3, 0.4) is 0 Å². The predicted molar refractivity (Wildman–Crippen MR) is 35.2 cm³/mol. The molecule has 9 heavy (non-hydrogen) atoms. The number of rotatable bonds is 2. The van der Waals surface area contributed by atoms with Gasteiger partial charge in [0, 0.05) is 5.92 Å². The van der Waals surface area contributed by atoms with Gasteiger partial charge in [-0.05, 0) is 20.3 Å². The first-order chi connectivity index (χ1) is 4.08. The third kappa shape index (κ3) is 2.33. The lowest BCUT2D eigenvalue weighted by molar-refractivity contribution is -0.0705. The molecule has 0 radical (unpaired) electrons. The second-order valence-electron chi connectivity index (χ2n) is 3.42. The number of hydrogen-bond acceptors (Lipinski definition) is 2. The van der Waals surface area contributed by atoms with E-state index in [1.54, 1.807) is 0 Å². The van der Waals surface area contributed by atoms with Gasteiger partial charge in [0.05, 0.1) is 18.8 Å². The van der Waals surface area contributed by atoms with Gasteiger partial charge < -0.3 is 9.84 Å². The fraction of sp³-hybridized carbons (Fsp3) is 1.00. The van der Waals surface area contributed by atoms with Gasteiger partial charge in [0.25, 0.3) is 0 Å². The van der Waals surface area contributed by atoms with E-state index in [2.05, 4.69) is 0 Å². The van der Waals surface area contributed by atoms with Crippen LogP contribution in [-0.4, -0.2) is 23.9 Å². The molecule has 0 aliphatic carbocycles. The average molecular weight is 130 g/mol. The van der Waals surface area contributed by atoms with E-state index in [9.17, 15) is 5.11 Å². The molecule has 1 heterocycles. The Morgan fingerprint density at radius 1 is 1.56 bits per heavy atom. The maximum absolute atomic E-state index is 9.30. The van der Waals surface area contributed by atoms with Crippen molar-refractivity contribution in [1.29, 1.82) is 0 Å². The van der Waals surface area contributed by atoms with E-state index in [-0.39, 0.29) is 0 Å². The topological polar surface area (TPSA) is 29.5 Å². The van der Waals surface area contributed by atoms with Crippen molar-refractivity contribution in [2.75, 3.05) is 13.2 Å². The maximum atomic E-state index is 9.30. The second-order valence-corrected chi connectivity index (χ2v) is 3.42. The molecular formula is C7H14O2. The molecule has 1 aliphatic heterocycles. The average Bonchev–Trinajstić information content (AvgIpc) is 1.53. The van der Waals surface area contributed by atoms with Gasteiger partial charge >= 0.3 is 0 Å². The van der Waals surface area contributed by atoms with Crippen LogP contribution in [0.15, 0.2) is 0 Å². The third-order valence-corrected chi connectivity index (χ3v) is 1.50. The van der Waals surface area contributed by atoms with Gasteiger partial charge in [0.1, 0.15) is 0 Å². The standard InChI is InChI=1S/C7H14O2/c1-7(2,8)3-6-4-9-5-6/h6,8H,3-5H2,1-2H3. The van der Waals surface area contributed by atoms with Gasteiger partial charge in [-0.15, -0.1) is 0 Å². The van der Waals surface area contributed by atoms with Gasteiger partial charge in [-0.2, -0.15) is 0 Å². The minimum atomic E-state index is -0.506. The first kappa shape index (κ1) is 7.03. The van der Waals surface area contributed by atoms with Crippen molar-refractivity contribution in [2.45, 2.75) is 25.9 Å². The summed E-state index contributed by atoms with van der Waals surface area (Å²) in [6.45, 7) is 5.35. The maximum Gasteiger partial charge on any atom is 0.0596 e. The van der Waals surface area contributed by atoms with Crippen LogP contribution in [-0.2, 0) is 4.74 Å². The zero-order chi connectivity index (χ0) is 6.91. The van der Waals surface area contributed by atoms with Crippen LogP contribution in [0.25, 0.3) is 0 Å². The van der Waals surface area contributed by atoms with E-state index in [1.165, 1.54) is 0 Å². The van der Waals surface area contributed by atoms with Crippen LogP contribution in [0.2, 0.25) is 0 Å². The monoisotopic (exact) mass is 130 g/mol. The van der Waals surface area contributed by atoms with Gasteiger partial charge in [-0.3, -0.25) is 0 Å². The van der Waals surface area contributed by atoms with E-state index in [4.69, 9.17) is 4.74 Å². The van der Waals surface area contributed by atoms with Gasteiger partial charge in [0.15, 0.2) is 0 Å². The summed E-state index contributed by atoms with van der Waals surface area (Å²) in [6, 6.07) is 0. The molecule has 1 saturated heterocycles. The van der Waals surface area contributed by atoms with Crippen molar-refractivity contribution >= 4 is 0 Å². The van der Waals surface area contributed by atoms with Crippen LogP contribution in [0.1, 0.15) is 20.3 Å². The molecule has 0 saturated carbocycles. The normalized spacial score (nSPS) is 21.7. The molecule has 0 amide bonds. The molecular weight excluding hydrogens is 116 g/mol. The molecule has 0 unspecified atom stereocenters. The number of aliphatic hydroxyl groups is 1. The van der Waals surface area contributed by atoms with E-state index < -0.39 is 5.60 Å². The SMILES string of the molecule is CC(C)(O)CC1COC1. The first-order valence-corrected chi connectivity index (χ1v) is 3.38. The lowest BCUT2D eigenvalue weighted by Crippen LogP contribution is -2.34. The van der Waals surface area contributed by atoms with E-state index in [0.717, 1.165) is 19.6 Å². The van der Waals surface area contributed by atoms with E-state index >= 15 is 0 Å². The quantitative estimate of drug-likeness (QED) is 0.599. The Labute approximate surface area is 55.8 Å². The molecule has 2 heteroatoms. The molecule has 2 nitrogen and oxygen atoms in total. The molecule has 0 atom stereocenters. The highest BCUT2D eigenvalue weighted by Crippen LogP contribution is 2.21. The van der Waals surface area contributed by atoms with Crippen molar-refractivity contribution in [3.05, 3.63) is 0 Å². The number of ether oxygens (including phenoxy) is 1. The van der Waals surface area contributed by atoms with Gasteiger partial charge in [-0.1, -0.05) is 0 Å². The van der Waals surface area contributed by atoms with Crippen LogP contribution in [0.5, 0.6) is 0 Å². The highest BCUT2D eigenvalue weighted by Gasteiger charge is 2.25. The highest BCUT2D eigenvalue weighted by atomic mass is 16.5. The Kier molecular flexibility index (Phi) is 1.78. The van der Waals surface area contributed by atoms with Crippen molar-refractivity contribution in [2.24, 2.45) is 5.92 Å². The van der Waals surface area contributed by atoms with E-state index in [0.29, 0.717) is 5.92 Å². The zero-order valence-electron chi connectivity index (χ0n) is 6.05. The molecule has 1 fully saturated rings. The Morgan fingerprint density at radius 3 is 2.22 bits per heavy atom. The summed E-state index contributed by atoms with van der Waals surface area (Å²) in [6.07, 6.45) is 0.868. The van der Waals surface area contributed by atoms with Crippen molar-refractivity contribution in [3.63, 3.8) is 0 Å². The summed E-state index contributed by atoms with van der Waals surface area (Å²) in [5.41, 5.74) is -0.506. The molecule has 0 bridgehead atoms. The molecule has 0 spiro atoms. The Morgan fingerprint density at radius 2 is 2.11 bits per heavy atom. The van der Waals surface area contributed by atoms with Crippen molar-refractivity contribution in [1.82, 2.24) is 0 Å². The Balaban J connectivity index is 2.16. The van der Waals surface area contributed by atoms with Gasteiger partial charge in [-0.25, -0.2) is 0 Å². The predicted octanol–water partition coefficient (Wildman–Crippen LogP) is 0.794. The largest absolute Gasteiger partial charge is 0.390 e. The number of hydrogen-bond donors (Lipinski definition) is 1. The summed E-state index contributed by atoms with van der Waals surface area (Å²) >= 11 is 0. The van der Waals surface area contributed by atoms with Crippen LogP contribution >= 0.6 is 0 Å². The van der Waals surface area contributed by atoms with E-state index in [1.807, 2.05) is 13.8 Å². The summed E-state index contributed by atoms with van der Waals surface area (Å²) in [4.78, 5) is 0. The van der Waals surface area contributed by atoms with Crippen LogP contribution in [0, 0.1) is 5.92 Å². The fourth-order valence-corrected chi connectivity index (χ4v) is 1.11. The first-order valence-electron chi connectivity index (χ1n) is 3.38. The molecule has 1 rings (SSSR count). The molecule has 0 aromatic heterocycles. The molecule has 1 aliphatic rings. The van der Waals surface area contributed by atoms with Crippen molar-refractivity contribution in [3.8, 4) is 0 Å². The Bertz CT molecular complexity index is 89.6. The smallest absolute Gasteiger partial charge is 0.0596 e. The summed E-state index contributed by atoms with van der Waals surface area (Å²) in [5.74, 6) is 0.602.